The molecule has 11 atom stereocenters. The first-order valence-corrected chi connectivity index (χ1v) is 39.2. The standard InChI is InChI=1S/C15H24ClNO.2C15H25NO2.C15H25NO.C14H23NO.C8H17NO.C7H7BrO.5ClH/c1-6-15(16,12(2)11-17(3)4)13-8-7-9-14(10-13)18-5;2*1-6-15(17,12(2)11-16(3)4)13-8-7-9-14(10-13)18-5;1-6-15(12(2)11-16(3)4)13-8-7-9-14(10-13)17-5;1-5-14(11(2)10-15(3)4)12-7-6-8-13(16)9-12;1-5-8(10)7(2)6-9(3)4;1-9-7-4-2-3-6(8)5-7;;;;;/h7-10,12H,6,11H2,1-5H3;2*7-10,12,17H,6,11H2,1-5H3;7-10,12,15H,6,11H2,1-5H3;6-9,11,14,16H,5,10H2,1-4H3;7H,5-6H2,1-4H3;2-5H,1H3;5*1H/t2*12-,15+;;12-,15-;11-,14+;;;;;;;/m00.00......./s1. The first-order chi connectivity index (χ1) is 49.8. The second-order valence-electron chi connectivity index (χ2n) is 30.0. The lowest BCUT2D eigenvalue weighted by atomic mass is 9.80. The van der Waals surface area contributed by atoms with E-state index >= 15 is 0 Å². The monoisotopic (exact) mass is 1740 g/mol. The number of halogens is 7. The molecule has 3 N–H and O–H groups in total. The number of carbonyl (C=O) groups is 1. The summed E-state index contributed by atoms with van der Waals surface area (Å²) in [4.78, 5) is 23.6. The van der Waals surface area contributed by atoms with Crippen LogP contribution in [0.2, 0.25) is 0 Å². The van der Waals surface area contributed by atoms with E-state index in [1.165, 1.54) is 17.5 Å². The quantitative estimate of drug-likeness (QED) is 0.0330. The molecule has 111 heavy (non-hydrogen) atoms. The zero-order chi connectivity index (χ0) is 81.1. The van der Waals surface area contributed by atoms with Crippen molar-refractivity contribution in [2.45, 2.75) is 150 Å². The molecule has 3 unspecified atom stereocenters. The van der Waals surface area contributed by atoms with E-state index in [1.54, 1.807) is 41.6 Å². The summed E-state index contributed by atoms with van der Waals surface area (Å²) in [7, 11) is 33.1. The molecule has 0 aliphatic carbocycles. The highest BCUT2D eigenvalue weighted by Crippen LogP contribution is 2.42. The van der Waals surface area contributed by atoms with Crippen LogP contribution in [0.5, 0.6) is 34.5 Å². The van der Waals surface area contributed by atoms with E-state index in [1.807, 2.05) is 184 Å². The predicted octanol–water partition coefficient (Wildman–Crippen LogP) is 20.9. The summed E-state index contributed by atoms with van der Waals surface area (Å²) in [5.74, 6) is 8.26. The van der Waals surface area contributed by atoms with Crippen LogP contribution in [0.1, 0.15) is 161 Å². The minimum absolute atomic E-state index is 0. The molecule has 0 bridgehead atoms. The van der Waals surface area contributed by atoms with Gasteiger partial charge in [-0.3, -0.25) is 4.79 Å². The molecular weight excluding hydrogens is 1590 g/mol. The van der Waals surface area contributed by atoms with Crippen molar-refractivity contribution in [2.24, 2.45) is 35.5 Å². The molecular formula is C89H151BrCl6N6O9. The van der Waals surface area contributed by atoms with E-state index in [4.69, 9.17) is 35.3 Å². The predicted molar refractivity (Wildman–Crippen MR) is 491 cm³/mol. The molecule has 6 aromatic carbocycles. The number of ether oxygens (including phenoxy) is 5. The third-order valence-corrected chi connectivity index (χ3v) is 20.9. The molecule has 0 spiro atoms. The number of hydrogen-bond donors (Lipinski definition) is 3. The number of carbonyl (C=O) groups excluding carboxylic acids is 1. The molecule has 0 heterocycles. The van der Waals surface area contributed by atoms with Gasteiger partial charge in [-0.15, -0.1) is 73.6 Å². The van der Waals surface area contributed by atoms with Gasteiger partial charge in [0.15, 0.2) is 0 Å². The second-order valence-corrected chi connectivity index (χ2v) is 31.6. The van der Waals surface area contributed by atoms with Gasteiger partial charge < -0.3 is 68.4 Å². The van der Waals surface area contributed by atoms with E-state index < -0.39 is 11.2 Å². The van der Waals surface area contributed by atoms with Crippen molar-refractivity contribution in [1.29, 1.82) is 0 Å². The number of rotatable bonds is 34. The minimum atomic E-state index is -0.807. The van der Waals surface area contributed by atoms with Crippen LogP contribution in [-0.4, -0.2) is 210 Å². The first kappa shape index (κ1) is 118. The molecule has 6 rings (SSSR count). The molecule has 0 radical (unpaired) electrons. The third-order valence-electron chi connectivity index (χ3n) is 19.6. The summed E-state index contributed by atoms with van der Waals surface area (Å²) in [6, 6.07) is 47.4. The van der Waals surface area contributed by atoms with Crippen molar-refractivity contribution in [3.05, 3.63) is 178 Å². The highest BCUT2D eigenvalue weighted by Gasteiger charge is 2.37. The molecule has 22 heteroatoms. The number of ketones is 1. The normalized spacial score (nSPS) is 14.4. The van der Waals surface area contributed by atoms with Crippen LogP contribution in [0.4, 0.5) is 0 Å². The van der Waals surface area contributed by atoms with Gasteiger partial charge in [0.2, 0.25) is 0 Å². The molecule has 0 saturated carbocycles. The van der Waals surface area contributed by atoms with E-state index in [9.17, 15) is 20.1 Å². The van der Waals surface area contributed by atoms with Gasteiger partial charge in [-0.05, 0) is 253 Å². The molecule has 6 aromatic rings. The fourth-order valence-electron chi connectivity index (χ4n) is 13.8. The summed E-state index contributed by atoms with van der Waals surface area (Å²) >= 11 is 10.2. The Morgan fingerprint density at radius 3 is 0.991 bits per heavy atom. The Morgan fingerprint density at radius 2 is 0.694 bits per heavy atom. The topological polar surface area (TPSA) is 143 Å². The summed E-state index contributed by atoms with van der Waals surface area (Å²) < 4.78 is 27.1. The second kappa shape index (κ2) is 62.9. The number of alkyl halides is 1. The molecule has 640 valence electrons. The number of phenolic OH excluding ortho intramolecular Hbond substituents is 1. The maximum atomic E-state index is 11.0. The van der Waals surface area contributed by atoms with Gasteiger partial charge in [-0.25, -0.2) is 0 Å². The number of aromatic hydroxyl groups is 1. The largest absolute Gasteiger partial charge is 0.508 e. The number of methoxy groups -OCH3 is 5. The maximum Gasteiger partial charge on any atom is 0.136 e. The van der Waals surface area contributed by atoms with E-state index in [-0.39, 0.29) is 84.7 Å². The number of nitrogens with zero attached hydrogens (tertiary/aromatic N) is 6. The number of Topliss-reactive ketones (excluding diaryl/α,β-unsaturated/α-hetero) is 1. The Balaban J connectivity index is -0.000000291. The highest BCUT2D eigenvalue weighted by molar-refractivity contribution is 9.10. The lowest BCUT2D eigenvalue weighted by molar-refractivity contribution is -0.122. The van der Waals surface area contributed by atoms with Crippen LogP contribution in [-0.2, 0) is 20.9 Å². The highest BCUT2D eigenvalue weighted by atomic mass is 79.9. The van der Waals surface area contributed by atoms with Crippen LogP contribution in [0, 0.1) is 35.5 Å². The van der Waals surface area contributed by atoms with Gasteiger partial charge in [0.05, 0.1) is 51.6 Å². The zero-order valence-electron chi connectivity index (χ0n) is 73.2. The van der Waals surface area contributed by atoms with Gasteiger partial charge in [0, 0.05) is 67.9 Å². The van der Waals surface area contributed by atoms with Gasteiger partial charge in [0.25, 0.3) is 0 Å². The fourth-order valence-corrected chi connectivity index (χ4v) is 14.4. The lowest BCUT2D eigenvalue weighted by Gasteiger charge is -2.35. The zero-order valence-corrected chi connectivity index (χ0v) is 79.7. The van der Waals surface area contributed by atoms with Gasteiger partial charge >= 0.3 is 0 Å². The Morgan fingerprint density at radius 1 is 0.396 bits per heavy atom. The average molecular weight is 1740 g/mol. The number of hydrogen-bond acceptors (Lipinski definition) is 15. The summed E-state index contributed by atoms with van der Waals surface area (Å²) in [5, 5.41) is 31.4. The van der Waals surface area contributed by atoms with Crippen molar-refractivity contribution < 1.29 is 43.8 Å². The van der Waals surface area contributed by atoms with E-state index in [2.05, 4.69) is 168 Å². The first-order valence-electron chi connectivity index (χ1n) is 38.0. The number of phenols is 1. The average Bonchev–Trinajstić information content (AvgIpc) is 0.817. The molecule has 0 aromatic heterocycles. The van der Waals surface area contributed by atoms with Gasteiger partial charge in [0.1, 0.15) is 40.3 Å². The molecule has 0 amide bonds. The van der Waals surface area contributed by atoms with Crippen LogP contribution in [0.25, 0.3) is 0 Å². The Hall–Kier alpha value is -4.31. The van der Waals surface area contributed by atoms with Crippen molar-refractivity contribution in [3.63, 3.8) is 0 Å². The van der Waals surface area contributed by atoms with E-state index in [0.29, 0.717) is 60.4 Å². The van der Waals surface area contributed by atoms with Crippen LogP contribution in [0.15, 0.2) is 150 Å². The van der Waals surface area contributed by atoms with Gasteiger partial charge in [-0.1, -0.05) is 166 Å². The van der Waals surface area contributed by atoms with Crippen molar-refractivity contribution in [3.8, 4) is 34.5 Å². The molecule has 0 aliphatic heterocycles. The summed E-state index contributed by atoms with van der Waals surface area (Å²) in [6.45, 7) is 31.2. The van der Waals surface area contributed by atoms with Crippen LogP contribution >= 0.6 is 89.6 Å². The lowest BCUT2D eigenvalue weighted by Crippen LogP contribution is -2.38. The Bertz CT molecular complexity index is 3130. The third kappa shape index (κ3) is 44.0. The van der Waals surface area contributed by atoms with Crippen molar-refractivity contribution in [1.82, 2.24) is 29.4 Å². The minimum Gasteiger partial charge on any atom is -0.508 e. The SMILES string of the molecule is CCC(=O)C(C)CN(C)C.CCC(O)(c1cccc(OC)c1)C(C)CN(C)C.CC[C@@H](c1cccc(O)c1)[C@@H](C)CN(C)C.CC[C@H](c1cccc(OC)c1)[C@@H](C)CN(C)C.CC[C@](Cl)(c1cccc(OC)c1)[C@@H](C)CN(C)C.CC[C@](O)(c1cccc(OC)c1)[C@@H](C)CN(C)C.COc1cccc(Br)c1.Cl.Cl.Cl.Cl.Cl. The number of benzene rings is 6. The Kier molecular flexibility index (Phi) is 66.6. The maximum absolute atomic E-state index is 11.0. The van der Waals surface area contributed by atoms with Crippen molar-refractivity contribution in [2.75, 3.05) is 159 Å². The molecule has 0 fully saturated rings. The van der Waals surface area contributed by atoms with Gasteiger partial charge in [-0.2, -0.15) is 0 Å². The van der Waals surface area contributed by atoms with Crippen molar-refractivity contribution >= 4 is 95.3 Å². The van der Waals surface area contributed by atoms with E-state index in [0.717, 1.165) is 102 Å². The molecule has 15 nitrogen and oxygen atoms in total. The summed E-state index contributed by atoms with van der Waals surface area (Å²) in [5.41, 5.74) is 4.02. The smallest absolute Gasteiger partial charge is 0.136 e. The summed E-state index contributed by atoms with van der Waals surface area (Å²) in [6.07, 6.45) is 5.22. The van der Waals surface area contributed by atoms with Crippen LogP contribution in [0.3, 0.4) is 0 Å². The Labute approximate surface area is 720 Å². The molecule has 0 aliphatic rings. The van der Waals surface area contributed by atoms with Crippen LogP contribution < -0.4 is 23.7 Å². The molecule has 0 saturated heterocycles. The fraction of sp³-hybridized carbons (Fsp3) is 0.584. The number of aliphatic hydroxyl groups is 2.